The number of carboxylic acid groups (broad SMARTS) is 1. The minimum atomic E-state index is -0.894. The largest absolute Gasteiger partial charge is 0.481 e. The van der Waals surface area contributed by atoms with Gasteiger partial charge in [0, 0.05) is 21.8 Å². The molecule has 1 fully saturated rings. The highest BCUT2D eigenvalue weighted by Gasteiger charge is 2.19. The summed E-state index contributed by atoms with van der Waals surface area (Å²) in [6.45, 7) is 0. The SMILES string of the molecule is O=C(O)Cc1c(-c2ccc(Cl)c(SNC3CCCCC3)c2)[nH]c2cccc(Cl)c12. The van der Waals surface area contributed by atoms with Crippen LogP contribution in [0.25, 0.3) is 22.2 Å². The summed E-state index contributed by atoms with van der Waals surface area (Å²) in [5.41, 5.74) is 3.18. The number of rotatable bonds is 6. The van der Waals surface area contributed by atoms with Crippen molar-refractivity contribution in [3.05, 3.63) is 52.0 Å². The van der Waals surface area contributed by atoms with E-state index in [2.05, 4.69) is 9.71 Å². The topological polar surface area (TPSA) is 65.1 Å². The van der Waals surface area contributed by atoms with E-state index in [0.717, 1.165) is 27.1 Å². The van der Waals surface area contributed by atoms with Crippen molar-refractivity contribution in [1.29, 1.82) is 0 Å². The van der Waals surface area contributed by atoms with E-state index in [1.165, 1.54) is 32.1 Å². The fraction of sp³-hybridized carbons (Fsp3) is 0.318. The second-order valence-corrected chi connectivity index (χ2v) is 9.11. The molecule has 1 saturated carbocycles. The summed E-state index contributed by atoms with van der Waals surface area (Å²) in [4.78, 5) is 15.8. The van der Waals surface area contributed by atoms with Crippen molar-refractivity contribution in [1.82, 2.24) is 9.71 Å². The molecule has 1 heterocycles. The second kappa shape index (κ2) is 9.00. The molecule has 1 aromatic heterocycles. The number of aromatic nitrogens is 1. The number of nitrogens with one attached hydrogen (secondary N) is 2. The summed E-state index contributed by atoms with van der Waals surface area (Å²) in [7, 11) is 0. The van der Waals surface area contributed by atoms with Gasteiger partial charge in [0.25, 0.3) is 0 Å². The van der Waals surface area contributed by atoms with Crippen molar-refractivity contribution >= 4 is 52.0 Å². The van der Waals surface area contributed by atoms with Crippen LogP contribution in [0, 0.1) is 0 Å². The summed E-state index contributed by atoms with van der Waals surface area (Å²) in [6.07, 6.45) is 6.11. The molecule has 0 saturated heterocycles. The van der Waals surface area contributed by atoms with E-state index in [1.54, 1.807) is 18.0 Å². The molecule has 1 aliphatic rings. The van der Waals surface area contributed by atoms with Crippen LogP contribution in [-0.2, 0) is 11.2 Å². The van der Waals surface area contributed by atoms with Gasteiger partial charge in [-0.05, 0) is 60.2 Å². The monoisotopic (exact) mass is 448 g/mol. The summed E-state index contributed by atoms with van der Waals surface area (Å²) in [5, 5.41) is 11.4. The fourth-order valence-corrected chi connectivity index (χ4v) is 5.35. The molecule has 1 aliphatic carbocycles. The highest BCUT2D eigenvalue weighted by atomic mass is 35.5. The molecular weight excluding hydrogens is 427 g/mol. The molecule has 0 radical (unpaired) electrons. The molecule has 3 aromatic rings. The Labute approximate surface area is 184 Å². The lowest BCUT2D eigenvalue weighted by molar-refractivity contribution is -0.136. The zero-order valence-electron chi connectivity index (χ0n) is 15.8. The Kier molecular flexibility index (Phi) is 6.40. The van der Waals surface area contributed by atoms with Crippen LogP contribution >= 0.6 is 35.1 Å². The van der Waals surface area contributed by atoms with Gasteiger partial charge in [0.15, 0.2) is 0 Å². The van der Waals surface area contributed by atoms with Crippen molar-refractivity contribution < 1.29 is 9.90 Å². The molecule has 2 aromatic carbocycles. The van der Waals surface area contributed by atoms with Gasteiger partial charge >= 0.3 is 5.97 Å². The maximum Gasteiger partial charge on any atom is 0.307 e. The molecule has 0 bridgehead atoms. The second-order valence-electron chi connectivity index (χ2n) is 7.41. The van der Waals surface area contributed by atoms with Crippen molar-refractivity contribution in [3.63, 3.8) is 0 Å². The third-order valence-electron chi connectivity index (χ3n) is 5.37. The molecule has 7 heteroatoms. The van der Waals surface area contributed by atoms with E-state index in [0.29, 0.717) is 21.7 Å². The van der Waals surface area contributed by atoms with Crippen LogP contribution in [0.4, 0.5) is 0 Å². The Morgan fingerprint density at radius 3 is 2.69 bits per heavy atom. The van der Waals surface area contributed by atoms with E-state index in [4.69, 9.17) is 23.2 Å². The van der Waals surface area contributed by atoms with Gasteiger partial charge < -0.3 is 10.1 Å². The van der Waals surface area contributed by atoms with Crippen LogP contribution < -0.4 is 4.72 Å². The Balaban J connectivity index is 1.70. The zero-order chi connectivity index (χ0) is 20.4. The van der Waals surface area contributed by atoms with Crippen LogP contribution in [0.5, 0.6) is 0 Å². The lowest BCUT2D eigenvalue weighted by atomic mass is 9.96. The third-order valence-corrected chi connectivity index (χ3v) is 7.13. The van der Waals surface area contributed by atoms with Gasteiger partial charge in [0.2, 0.25) is 0 Å². The molecule has 0 atom stereocenters. The van der Waals surface area contributed by atoms with E-state index in [-0.39, 0.29) is 6.42 Å². The third kappa shape index (κ3) is 4.58. The Morgan fingerprint density at radius 1 is 1.14 bits per heavy atom. The molecule has 29 heavy (non-hydrogen) atoms. The number of carboxylic acids is 1. The summed E-state index contributed by atoms with van der Waals surface area (Å²) < 4.78 is 3.55. The number of H-pyrrole nitrogens is 1. The average molecular weight is 449 g/mol. The molecule has 4 rings (SSSR count). The molecule has 3 N–H and O–H groups in total. The zero-order valence-corrected chi connectivity index (χ0v) is 18.1. The Bertz CT molecular complexity index is 1040. The van der Waals surface area contributed by atoms with Gasteiger partial charge in [-0.25, -0.2) is 0 Å². The first-order valence-electron chi connectivity index (χ1n) is 9.76. The fourth-order valence-electron chi connectivity index (χ4n) is 3.95. The highest BCUT2D eigenvalue weighted by molar-refractivity contribution is 7.97. The summed E-state index contributed by atoms with van der Waals surface area (Å²) in [5.74, 6) is -0.894. The standard InChI is InChI=1S/C22H22Cl2N2O2S/c23-16-10-9-13(11-19(16)29-26-14-5-2-1-3-6-14)22-15(12-20(27)28)21-17(24)7-4-8-18(21)25-22/h4,7-11,14,25-26H,1-3,5-6,12H2,(H,27,28). The van der Waals surface area contributed by atoms with Gasteiger partial charge in [0.1, 0.15) is 0 Å². The van der Waals surface area contributed by atoms with Crippen LogP contribution in [-0.4, -0.2) is 22.1 Å². The number of halogens is 2. The smallest absolute Gasteiger partial charge is 0.307 e. The Morgan fingerprint density at radius 2 is 1.93 bits per heavy atom. The van der Waals surface area contributed by atoms with Crippen molar-refractivity contribution in [2.24, 2.45) is 0 Å². The number of aromatic amines is 1. The van der Waals surface area contributed by atoms with Gasteiger partial charge in [-0.2, -0.15) is 0 Å². The number of carbonyl (C=O) groups is 1. The van der Waals surface area contributed by atoms with Gasteiger partial charge in [-0.1, -0.05) is 54.6 Å². The van der Waals surface area contributed by atoms with E-state index >= 15 is 0 Å². The van der Waals surface area contributed by atoms with Crippen molar-refractivity contribution in [2.45, 2.75) is 49.5 Å². The van der Waals surface area contributed by atoms with Crippen LogP contribution in [0.15, 0.2) is 41.3 Å². The van der Waals surface area contributed by atoms with E-state index in [9.17, 15) is 9.90 Å². The van der Waals surface area contributed by atoms with Crippen molar-refractivity contribution in [2.75, 3.05) is 0 Å². The van der Waals surface area contributed by atoms with Crippen LogP contribution in [0.1, 0.15) is 37.7 Å². The van der Waals surface area contributed by atoms with Crippen LogP contribution in [0.2, 0.25) is 10.0 Å². The number of hydrogen-bond acceptors (Lipinski definition) is 3. The van der Waals surface area contributed by atoms with Crippen LogP contribution in [0.3, 0.4) is 0 Å². The minimum absolute atomic E-state index is 0.107. The number of fused-ring (bicyclic) bond motifs is 1. The summed E-state index contributed by atoms with van der Waals surface area (Å²) >= 11 is 14.4. The normalized spacial score (nSPS) is 15.1. The van der Waals surface area contributed by atoms with E-state index < -0.39 is 5.97 Å². The maximum atomic E-state index is 11.5. The molecular formula is C22H22Cl2N2O2S. The van der Waals surface area contributed by atoms with Gasteiger partial charge in [-0.3, -0.25) is 9.52 Å². The summed E-state index contributed by atoms with van der Waals surface area (Å²) in [6, 6.07) is 11.8. The quantitative estimate of drug-likeness (QED) is 0.367. The van der Waals surface area contributed by atoms with E-state index in [1.807, 2.05) is 30.3 Å². The first-order chi connectivity index (χ1) is 14.0. The minimum Gasteiger partial charge on any atom is -0.481 e. The first kappa shape index (κ1) is 20.6. The molecule has 0 amide bonds. The van der Waals surface area contributed by atoms with Gasteiger partial charge in [-0.15, -0.1) is 0 Å². The lowest BCUT2D eigenvalue weighted by Crippen LogP contribution is -2.25. The molecule has 0 aliphatic heterocycles. The highest BCUT2D eigenvalue weighted by Crippen LogP contribution is 2.38. The van der Waals surface area contributed by atoms with Crippen molar-refractivity contribution in [3.8, 4) is 11.3 Å². The number of benzene rings is 2. The number of aliphatic carboxylic acids is 1. The molecule has 0 spiro atoms. The predicted molar refractivity (Wildman–Crippen MR) is 121 cm³/mol. The number of hydrogen-bond donors (Lipinski definition) is 3. The molecule has 0 unspecified atom stereocenters. The first-order valence-corrected chi connectivity index (χ1v) is 11.3. The average Bonchev–Trinajstić information content (AvgIpc) is 3.07. The maximum absolute atomic E-state index is 11.5. The predicted octanol–water partition coefficient (Wildman–Crippen LogP) is 6.70. The molecule has 152 valence electrons. The van der Waals surface area contributed by atoms with Gasteiger partial charge in [0.05, 0.1) is 22.2 Å². The molecule has 4 nitrogen and oxygen atoms in total. The lowest BCUT2D eigenvalue weighted by Gasteiger charge is -2.22. The Hall–Kier alpha value is -1.66.